The molecule has 2 aliphatic carbocycles. The second-order valence-corrected chi connectivity index (χ2v) is 8.38. The van der Waals surface area contributed by atoms with Gasteiger partial charge in [-0.25, -0.2) is 4.98 Å². The maximum atomic E-state index is 12.7. The van der Waals surface area contributed by atoms with E-state index < -0.39 is 0 Å². The van der Waals surface area contributed by atoms with Crippen LogP contribution < -0.4 is 11.1 Å². The van der Waals surface area contributed by atoms with Gasteiger partial charge in [-0.15, -0.1) is 0 Å². The molecule has 4 atom stereocenters. The van der Waals surface area contributed by atoms with Crippen molar-refractivity contribution in [3.05, 3.63) is 24.1 Å². The van der Waals surface area contributed by atoms with E-state index in [2.05, 4.69) is 31.1 Å². The van der Waals surface area contributed by atoms with Crippen LogP contribution in [0.4, 0.5) is 5.69 Å². The van der Waals surface area contributed by atoms with E-state index in [-0.39, 0.29) is 23.3 Å². The SMILES string of the molecule is CC(C)(C)c1nc2cc(NC(=O)C3C4CCC(C4)C3N)ccc2o1. The highest BCUT2D eigenvalue weighted by Crippen LogP contribution is 2.48. The normalized spacial score (nSPS) is 29.3. The van der Waals surface area contributed by atoms with Crippen molar-refractivity contribution >= 4 is 22.7 Å². The number of nitrogens with zero attached hydrogens (tertiary/aromatic N) is 1. The summed E-state index contributed by atoms with van der Waals surface area (Å²) < 4.78 is 5.81. The maximum Gasteiger partial charge on any atom is 0.229 e. The van der Waals surface area contributed by atoms with Crippen molar-refractivity contribution in [1.29, 1.82) is 0 Å². The third-order valence-corrected chi connectivity index (χ3v) is 5.58. The van der Waals surface area contributed by atoms with Gasteiger partial charge in [0.15, 0.2) is 5.58 Å². The first-order valence-corrected chi connectivity index (χ1v) is 8.80. The zero-order valence-corrected chi connectivity index (χ0v) is 14.5. The predicted molar refractivity (Wildman–Crippen MR) is 93.6 cm³/mol. The van der Waals surface area contributed by atoms with Crippen LogP contribution in [0.25, 0.3) is 11.1 Å². The van der Waals surface area contributed by atoms with E-state index >= 15 is 0 Å². The van der Waals surface area contributed by atoms with Crippen molar-refractivity contribution in [2.75, 3.05) is 5.32 Å². The number of aromatic nitrogens is 1. The van der Waals surface area contributed by atoms with Gasteiger partial charge in [0.2, 0.25) is 11.8 Å². The molecule has 1 aromatic carbocycles. The molecule has 5 nitrogen and oxygen atoms in total. The van der Waals surface area contributed by atoms with Crippen molar-refractivity contribution in [1.82, 2.24) is 4.98 Å². The molecule has 2 aliphatic rings. The van der Waals surface area contributed by atoms with Gasteiger partial charge in [0.25, 0.3) is 0 Å². The number of nitrogens with one attached hydrogen (secondary N) is 1. The Morgan fingerprint density at radius 3 is 2.71 bits per heavy atom. The fourth-order valence-corrected chi connectivity index (χ4v) is 4.28. The number of hydrogen-bond acceptors (Lipinski definition) is 4. The largest absolute Gasteiger partial charge is 0.440 e. The number of carbonyl (C=O) groups is 1. The lowest BCUT2D eigenvalue weighted by Gasteiger charge is -2.26. The van der Waals surface area contributed by atoms with Gasteiger partial charge in [-0.3, -0.25) is 4.79 Å². The maximum absolute atomic E-state index is 12.7. The summed E-state index contributed by atoms with van der Waals surface area (Å²) in [5.74, 6) is 1.68. The summed E-state index contributed by atoms with van der Waals surface area (Å²) in [4.78, 5) is 17.2. The molecular formula is C19H25N3O2. The standard InChI is InChI=1S/C19H25N3O2/c1-19(2,3)18-22-13-9-12(6-7-14(13)24-18)21-17(23)15-10-4-5-11(8-10)16(15)20/h6-7,9-11,15-16H,4-5,8,20H2,1-3H3,(H,21,23). The Labute approximate surface area is 142 Å². The van der Waals surface area contributed by atoms with Gasteiger partial charge in [0.05, 0.1) is 5.92 Å². The van der Waals surface area contributed by atoms with Gasteiger partial charge in [0.1, 0.15) is 5.52 Å². The minimum absolute atomic E-state index is 0.00650. The molecule has 2 fully saturated rings. The van der Waals surface area contributed by atoms with Crippen LogP contribution in [0, 0.1) is 17.8 Å². The van der Waals surface area contributed by atoms with Crippen LogP contribution in [0.2, 0.25) is 0 Å². The van der Waals surface area contributed by atoms with Gasteiger partial charge in [0, 0.05) is 17.1 Å². The van der Waals surface area contributed by atoms with Crippen molar-refractivity contribution in [2.24, 2.45) is 23.5 Å². The van der Waals surface area contributed by atoms with Crippen LogP contribution >= 0.6 is 0 Å². The van der Waals surface area contributed by atoms with E-state index in [1.165, 1.54) is 6.42 Å². The van der Waals surface area contributed by atoms with Crippen LogP contribution in [-0.2, 0) is 10.2 Å². The third kappa shape index (κ3) is 2.51. The van der Waals surface area contributed by atoms with Crippen molar-refractivity contribution < 1.29 is 9.21 Å². The molecule has 0 radical (unpaired) electrons. The van der Waals surface area contributed by atoms with E-state index in [0.29, 0.717) is 17.7 Å². The lowest BCUT2D eigenvalue weighted by atomic mass is 9.84. The van der Waals surface area contributed by atoms with Crippen LogP contribution in [0.5, 0.6) is 0 Å². The van der Waals surface area contributed by atoms with E-state index in [1.807, 2.05) is 18.2 Å². The average Bonchev–Trinajstić information content (AvgIpc) is 3.18. The summed E-state index contributed by atoms with van der Waals surface area (Å²) in [5, 5.41) is 3.04. The monoisotopic (exact) mass is 327 g/mol. The summed E-state index contributed by atoms with van der Waals surface area (Å²) in [6, 6.07) is 5.63. The molecule has 128 valence electrons. The van der Waals surface area contributed by atoms with Crippen LogP contribution in [-0.4, -0.2) is 16.9 Å². The van der Waals surface area contributed by atoms with E-state index in [4.69, 9.17) is 10.2 Å². The Morgan fingerprint density at radius 2 is 2.04 bits per heavy atom. The van der Waals surface area contributed by atoms with Gasteiger partial charge < -0.3 is 15.5 Å². The van der Waals surface area contributed by atoms with Gasteiger partial charge >= 0.3 is 0 Å². The molecule has 2 saturated carbocycles. The van der Waals surface area contributed by atoms with Crippen molar-refractivity contribution in [3.63, 3.8) is 0 Å². The quantitative estimate of drug-likeness (QED) is 0.885. The number of rotatable bonds is 2. The molecule has 1 aromatic heterocycles. The predicted octanol–water partition coefficient (Wildman–Crippen LogP) is 3.44. The number of oxazole rings is 1. The average molecular weight is 327 g/mol. The number of amides is 1. The van der Waals surface area contributed by atoms with Gasteiger partial charge in [-0.05, 0) is 49.3 Å². The minimum atomic E-state index is -0.141. The Balaban J connectivity index is 1.55. The number of hydrogen-bond donors (Lipinski definition) is 2. The molecule has 24 heavy (non-hydrogen) atoms. The molecule has 1 amide bonds. The molecule has 3 N–H and O–H groups in total. The molecule has 0 saturated heterocycles. The Bertz CT molecular complexity index is 787. The molecule has 4 unspecified atom stereocenters. The zero-order valence-electron chi connectivity index (χ0n) is 14.5. The number of benzene rings is 1. The lowest BCUT2D eigenvalue weighted by Crippen LogP contribution is -2.42. The number of carbonyl (C=O) groups excluding carboxylic acids is 1. The molecule has 5 heteroatoms. The molecule has 2 bridgehead atoms. The Hall–Kier alpha value is -1.88. The minimum Gasteiger partial charge on any atom is -0.440 e. The first kappa shape index (κ1) is 15.6. The van der Waals surface area contributed by atoms with Crippen LogP contribution in [0.15, 0.2) is 22.6 Å². The number of fused-ring (bicyclic) bond motifs is 3. The molecule has 0 spiro atoms. The highest BCUT2D eigenvalue weighted by atomic mass is 16.3. The zero-order chi connectivity index (χ0) is 17.1. The molecule has 2 aromatic rings. The summed E-state index contributed by atoms with van der Waals surface area (Å²) in [5.41, 5.74) is 8.41. The first-order valence-electron chi connectivity index (χ1n) is 8.80. The van der Waals surface area contributed by atoms with Crippen molar-refractivity contribution in [3.8, 4) is 0 Å². The fraction of sp³-hybridized carbons (Fsp3) is 0.579. The summed E-state index contributed by atoms with van der Waals surface area (Å²) in [6.45, 7) is 6.20. The lowest BCUT2D eigenvalue weighted by molar-refractivity contribution is -0.121. The Morgan fingerprint density at radius 1 is 1.29 bits per heavy atom. The summed E-state index contributed by atoms with van der Waals surface area (Å²) >= 11 is 0. The topological polar surface area (TPSA) is 81.2 Å². The molecule has 0 aliphatic heterocycles. The highest BCUT2D eigenvalue weighted by molar-refractivity contribution is 5.95. The fourth-order valence-electron chi connectivity index (χ4n) is 4.28. The van der Waals surface area contributed by atoms with Crippen LogP contribution in [0.1, 0.15) is 45.9 Å². The van der Waals surface area contributed by atoms with Gasteiger partial charge in [-0.1, -0.05) is 20.8 Å². The van der Waals surface area contributed by atoms with Gasteiger partial charge in [-0.2, -0.15) is 0 Å². The summed E-state index contributed by atoms with van der Waals surface area (Å²) in [6.07, 6.45) is 3.42. The third-order valence-electron chi connectivity index (χ3n) is 5.58. The van der Waals surface area contributed by atoms with Crippen LogP contribution in [0.3, 0.4) is 0 Å². The number of anilines is 1. The first-order chi connectivity index (χ1) is 11.3. The number of nitrogens with two attached hydrogens (primary N) is 1. The van der Waals surface area contributed by atoms with Crippen molar-refractivity contribution in [2.45, 2.75) is 51.5 Å². The molecular weight excluding hydrogens is 302 g/mol. The van der Waals surface area contributed by atoms with E-state index in [1.54, 1.807) is 0 Å². The Kier molecular flexibility index (Phi) is 3.46. The summed E-state index contributed by atoms with van der Waals surface area (Å²) in [7, 11) is 0. The molecule has 4 rings (SSSR count). The highest BCUT2D eigenvalue weighted by Gasteiger charge is 2.49. The second-order valence-electron chi connectivity index (χ2n) is 8.38. The second kappa shape index (κ2) is 5.31. The smallest absolute Gasteiger partial charge is 0.229 e. The van der Waals surface area contributed by atoms with E-state index in [0.717, 1.165) is 29.6 Å². The molecule has 1 heterocycles. The van der Waals surface area contributed by atoms with E-state index in [9.17, 15) is 4.79 Å².